The third-order valence-corrected chi connectivity index (χ3v) is 6.96. The van der Waals surface area contributed by atoms with Crippen LogP contribution in [0.15, 0.2) is 48.5 Å². The van der Waals surface area contributed by atoms with Crippen molar-refractivity contribution in [2.75, 3.05) is 0 Å². The molecule has 1 aromatic heterocycles. The topological polar surface area (TPSA) is 84.2 Å². The summed E-state index contributed by atoms with van der Waals surface area (Å²) in [6.07, 6.45) is 4.52. The van der Waals surface area contributed by atoms with Gasteiger partial charge in [-0.15, -0.1) is 0 Å². The van der Waals surface area contributed by atoms with Gasteiger partial charge in [0, 0.05) is 13.0 Å². The first kappa shape index (κ1) is 28.5. The number of imidazole rings is 1. The molecule has 0 unspecified atom stereocenters. The number of amides is 1. The predicted octanol–water partition coefficient (Wildman–Crippen LogP) is 6.16. The molecule has 2 aromatic carbocycles. The van der Waals surface area contributed by atoms with Gasteiger partial charge in [-0.1, -0.05) is 76.6 Å². The molecule has 37 heavy (non-hydrogen) atoms. The number of benzene rings is 2. The maximum Gasteiger partial charge on any atom is 0.336 e. The number of hydrogen-bond donors (Lipinski definition) is 3. The van der Waals surface area contributed by atoms with Crippen LogP contribution in [0.5, 0.6) is 0 Å². The van der Waals surface area contributed by atoms with Crippen LogP contribution in [0.2, 0.25) is 0 Å². The molecule has 1 amide bonds. The molecule has 1 atom stereocenters. The fourth-order valence-electron chi connectivity index (χ4n) is 4.52. The van der Waals surface area contributed by atoms with Crippen LogP contribution >= 0.6 is 12.6 Å². The largest absolute Gasteiger partial charge is 0.478 e. The Hall–Kier alpha value is -3.06. The van der Waals surface area contributed by atoms with Crippen LogP contribution in [0.3, 0.4) is 0 Å². The number of carbonyl (C=O) groups is 2. The highest BCUT2D eigenvalue weighted by Gasteiger charge is 2.20. The van der Waals surface area contributed by atoms with Gasteiger partial charge in [0.1, 0.15) is 5.82 Å². The normalized spacial score (nSPS) is 12.1. The number of carboxylic acids is 1. The van der Waals surface area contributed by atoms with Gasteiger partial charge in [-0.2, -0.15) is 12.6 Å². The molecular weight excluding hydrogens is 482 g/mol. The summed E-state index contributed by atoms with van der Waals surface area (Å²) < 4.78 is 2.24. The van der Waals surface area contributed by atoms with E-state index in [-0.39, 0.29) is 16.7 Å². The van der Waals surface area contributed by atoms with Crippen LogP contribution in [0.1, 0.15) is 80.1 Å². The first-order chi connectivity index (χ1) is 17.7. The second-order valence-electron chi connectivity index (χ2n) is 9.88. The molecule has 198 valence electrons. The molecule has 7 heteroatoms. The molecule has 0 spiro atoms. The molecule has 0 bridgehead atoms. The molecule has 1 heterocycles. The van der Waals surface area contributed by atoms with Gasteiger partial charge in [-0.05, 0) is 47.9 Å². The highest BCUT2D eigenvalue weighted by Crippen LogP contribution is 2.25. The van der Waals surface area contributed by atoms with Gasteiger partial charge in [-0.3, -0.25) is 4.79 Å². The number of aromatic carboxylic acids is 1. The summed E-state index contributed by atoms with van der Waals surface area (Å²) >= 11 is 4.51. The van der Waals surface area contributed by atoms with Gasteiger partial charge in [0.15, 0.2) is 0 Å². The van der Waals surface area contributed by atoms with Gasteiger partial charge in [0.2, 0.25) is 5.91 Å². The lowest BCUT2D eigenvalue weighted by atomic mass is 9.98. The Morgan fingerprint density at radius 1 is 1.08 bits per heavy atom. The van der Waals surface area contributed by atoms with Gasteiger partial charge < -0.3 is 15.0 Å². The number of unbranched alkanes of at least 4 members (excludes halogenated alkanes) is 1. The second kappa shape index (κ2) is 13.5. The van der Waals surface area contributed by atoms with Crippen LogP contribution in [-0.4, -0.2) is 31.8 Å². The average Bonchev–Trinajstić information content (AvgIpc) is 3.21. The van der Waals surface area contributed by atoms with E-state index < -0.39 is 5.97 Å². The molecule has 2 N–H and O–H groups in total. The van der Waals surface area contributed by atoms with Gasteiger partial charge in [0.05, 0.1) is 28.7 Å². The number of aryl methyl sites for hydroxylation is 2. The fourth-order valence-corrected chi connectivity index (χ4v) is 5.03. The van der Waals surface area contributed by atoms with Crippen LogP contribution in [-0.2, 0) is 30.7 Å². The lowest BCUT2D eigenvalue weighted by Crippen LogP contribution is -2.33. The monoisotopic (exact) mass is 521 g/mol. The summed E-state index contributed by atoms with van der Waals surface area (Å²) in [6, 6.07) is 15.1. The smallest absolute Gasteiger partial charge is 0.336 e. The minimum atomic E-state index is -0.936. The molecule has 3 aromatic rings. The molecule has 0 aliphatic heterocycles. The zero-order chi connectivity index (χ0) is 26.9. The summed E-state index contributed by atoms with van der Waals surface area (Å²) in [6.45, 7) is 9.49. The van der Waals surface area contributed by atoms with Crippen molar-refractivity contribution in [2.24, 2.45) is 5.92 Å². The number of rotatable bonds is 13. The zero-order valence-corrected chi connectivity index (χ0v) is 23.2. The molecule has 0 aliphatic carbocycles. The van der Waals surface area contributed by atoms with E-state index >= 15 is 0 Å². The molecule has 3 rings (SSSR count). The van der Waals surface area contributed by atoms with E-state index in [2.05, 4.69) is 50.2 Å². The van der Waals surface area contributed by atoms with Crippen molar-refractivity contribution >= 4 is 24.5 Å². The molecule has 0 saturated carbocycles. The van der Waals surface area contributed by atoms with Crippen LogP contribution in [0, 0.1) is 5.92 Å². The van der Waals surface area contributed by atoms with Gasteiger partial charge in [0.25, 0.3) is 0 Å². The standard InChI is InChI=1S/C30H39N3O3S/c1-5-7-12-28-32-25(6-2)26(18-31-29(34)27(37)17-20(3)4)33(28)19-21-13-15-22(16-14-21)23-10-8-9-11-24(23)30(35)36/h8-11,13-16,20,27,37H,5-7,12,17-19H2,1-4H3,(H,31,34)(H,35,36)/t27-/m0/s1. The van der Waals surface area contributed by atoms with E-state index in [9.17, 15) is 14.7 Å². The Morgan fingerprint density at radius 3 is 2.41 bits per heavy atom. The third kappa shape index (κ3) is 7.48. The first-order valence-electron chi connectivity index (χ1n) is 13.2. The van der Waals surface area contributed by atoms with Crippen LogP contribution < -0.4 is 5.32 Å². The maximum absolute atomic E-state index is 12.7. The zero-order valence-electron chi connectivity index (χ0n) is 22.3. The Labute approximate surface area is 225 Å². The van der Waals surface area contributed by atoms with E-state index in [0.717, 1.165) is 60.4 Å². The Kier molecular flexibility index (Phi) is 10.4. The van der Waals surface area contributed by atoms with E-state index in [4.69, 9.17) is 4.98 Å². The van der Waals surface area contributed by atoms with Crippen molar-refractivity contribution in [2.45, 2.75) is 78.1 Å². The number of nitrogens with zero attached hydrogens (tertiary/aromatic N) is 2. The summed E-state index contributed by atoms with van der Waals surface area (Å²) in [5.41, 5.74) is 4.99. The number of carbonyl (C=O) groups excluding carboxylic acids is 1. The Morgan fingerprint density at radius 2 is 1.78 bits per heavy atom. The lowest BCUT2D eigenvalue weighted by Gasteiger charge is -2.16. The van der Waals surface area contributed by atoms with Crippen LogP contribution in [0.4, 0.5) is 0 Å². The average molecular weight is 522 g/mol. The first-order valence-corrected chi connectivity index (χ1v) is 13.7. The number of aromatic nitrogens is 2. The number of carboxylic acid groups (broad SMARTS) is 1. The summed E-state index contributed by atoms with van der Waals surface area (Å²) in [5, 5.41) is 12.3. The fraction of sp³-hybridized carbons (Fsp3) is 0.433. The van der Waals surface area contributed by atoms with Gasteiger partial charge >= 0.3 is 5.97 Å². The number of nitrogens with one attached hydrogen (secondary N) is 1. The van der Waals surface area contributed by atoms with Crippen molar-refractivity contribution in [3.05, 3.63) is 76.9 Å². The van der Waals surface area contributed by atoms with Crippen molar-refractivity contribution in [3.8, 4) is 11.1 Å². The Bertz CT molecular complexity index is 1200. The van der Waals surface area contributed by atoms with Crippen molar-refractivity contribution in [1.82, 2.24) is 14.9 Å². The quantitative estimate of drug-likeness (QED) is 0.235. The molecule has 6 nitrogen and oxygen atoms in total. The highest BCUT2D eigenvalue weighted by molar-refractivity contribution is 7.81. The summed E-state index contributed by atoms with van der Waals surface area (Å²) in [7, 11) is 0. The number of hydrogen-bond acceptors (Lipinski definition) is 4. The Balaban J connectivity index is 1.88. The predicted molar refractivity (Wildman–Crippen MR) is 152 cm³/mol. The minimum absolute atomic E-state index is 0.0524. The third-order valence-electron chi connectivity index (χ3n) is 6.51. The van der Waals surface area contributed by atoms with Crippen molar-refractivity contribution in [3.63, 3.8) is 0 Å². The minimum Gasteiger partial charge on any atom is -0.478 e. The van der Waals surface area contributed by atoms with Crippen LogP contribution in [0.25, 0.3) is 11.1 Å². The molecule has 0 fully saturated rings. The van der Waals surface area contributed by atoms with E-state index in [1.165, 1.54) is 0 Å². The van der Waals surface area contributed by atoms with Gasteiger partial charge in [-0.25, -0.2) is 9.78 Å². The van der Waals surface area contributed by atoms with E-state index in [1.807, 2.05) is 36.4 Å². The summed E-state index contributed by atoms with van der Waals surface area (Å²) in [4.78, 5) is 29.3. The highest BCUT2D eigenvalue weighted by atomic mass is 32.1. The van der Waals surface area contributed by atoms with E-state index in [0.29, 0.717) is 24.6 Å². The maximum atomic E-state index is 12.7. The summed E-state index contributed by atoms with van der Waals surface area (Å²) in [5.74, 6) is 0.446. The van der Waals surface area contributed by atoms with Crippen molar-refractivity contribution in [1.29, 1.82) is 0 Å². The SMILES string of the molecule is CCCCc1nc(CC)c(CNC(=O)[C@@H](S)CC(C)C)n1Cc1ccc(-c2ccccc2C(=O)O)cc1. The van der Waals surface area contributed by atoms with E-state index in [1.54, 1.807) is 12.1 Å². The lowest BCUT2D eigenvalue weighted by molar-refractivity contribution is -0.121. The molecule has 0 saturated heterocycles. The molecule has 0 radical (unpaired) electrons. The molecular formula is C30H39N3O3S. The molecule has 0 aliphatic rings. The van der Waals surface area contributed by atoms with Crippen molar-refractivity contribution < 1.29 is 14.7 Å². The number of thiol groups is 1. The second-order valence-corrected chi connectivity index (χ2v) is 10.5.